The number of rotatable bonds is 4. The molecule has 5 heteroatoms. The number of halogens is 1. The van der Waals surface area contributed by atoms with Crippen LogP contribution in [0.25, 0.3) is 0 Å². The van der Waals surface area contributed by atoms with Crippen molar-refractivity contribution in [3.63, 3.8) is 0 Å². The van der Waals surface area contributed by atoms with E-state index in [1.807, 2.05) is 19.1 Å². The molecule has 0 bridgehead atoms. The predicted molar refractivity (Wildman–Crippen MR) is 89.5 cm³/mol. The molecule has 0 saturated heterocycles. The number of carbonyl (C=O) groups excluding carboxylic acids is 2. The molecule has 2 aromatic rings. The van der Waals surface area contributed by atoms with Crippen LogP contribution in [0.4, 0.5) is 11.4 Å². The zero-order valence-electron chi connectivity index (χ0n) is 12.4. The molecule has 0 heterocycles. The van der Waals surface area contributed by atoms with Crippen LogP contribution in [0.1, 0.15) is 29.3 Å². The molecule has 0 saturated carbocycles. The summed E-state index contributed by atoms with van der Waals surface area (Å²) in [6, 6.07) is 12.3. The van der Waals surface area contributed by atoms with E-state index in [0.29, 0.717) is 28.4 Å². The fraction of sp³-hybridized carbons (Fsp3) is 0.176. The van der Waals surface area contributed by atoms with Gasteiger partial charge in [0.15, 0.2) is 0 Å². The van der Waals surface area contributed by atoms with E-state index in [9.17, 15) is 9.59 Å². The van der Waals surface area contributed by atoms with Crippen LogP contribution in [0.15, 0.2) is 42.5 Å². The number of hydrogen-bond donors (Lipinski definition) is 2. The molecule has 0 aliphatic rings. The zero-order valence-corrected chi connectivity index (χ0v) is 13.2. The van der Waals surface area contributed by atoms with E-state index in [1.54, 1.807) is 37.3 Å². The molecule has 0 fully saturated rings. The van der Waals surface area contributed by atoms with Crippen LogP contribution in [-0.2, 0) is 4.79 Å². The van der Waals surface area contributed by atoms with Crippen LogP contribution in [-0.4, -0.2) is 11.8 Å². The first-order valence-electron chi connectivity index (χ1n) is 6.97. The first-order valence-corrected chi connectivity index (χ1v) is 7.35. The van der Waals surface area contributed by atoms with Crippen molar-refractivity contribution in [1.29, 1.82) is 0 Å². The highest BCUT2D eigenvalue weighted by Gasteiger charge is 2.11. The SMILES string of the molecule is CCC(=O)Nc1ccc(Cl)c(NC(=O)c2ccccc2C)c1. The second-order valence-electron chi connectivity index (χ2n) is 4.87. The molecule has 0 aromatic heterocycles. The number of benzene rings is 2. The lowest BCUT2D eigenvalue weighted by atomic mass is 10.1. The van der Waals surface area contributed by atoms with Crippen molar-refractivity contribution in [3.8, 4) is 0 Å². The van der Waals surface area contributed by atoms with Gasteiger partial charge in [-0.15, -0.1) is 0 Å². The third-order valence-corrected chi connectivity index (χ3v) is 3.54. The average Bonchev–Trinajstić information content (AvgIpc) is 2.50. The maximum Gasteiger partial charge on any atom is 0.255 e. The molecule has 114 valence electrons. The summed E-state index contributed by atoms with van der Waals surface area (Å²) in [7, 11) is 0. The fourth-order valence-electron chi connectivity index (χ4n) is 1.97. The maximum atomic E-state index is 12.3. The number of anilines is 2. The van der Waals surface area contributed by atoms with Gasteiger partial charge >= 0.3 is 0 Å². The van der Waals surface area contributed by atoms with Crippen molar-refractivity contribution in [1.82, 2.24) is 0 Å². The van der Waals surface area contributed by atoms with Gasteiger partial charge in [-0.2, -0.15) is 0 Å². The molecule has 2 N–H and O–H groups in total. The maximum absolute atomic E-state index is 12.3. The molecule has 0 unspecified atom stereocenters. The van der Waals surface area contributed by atoms with Crippen molar-refractivity contribution < 1.29 is 9.59 Å². The summed E-state index contributed by atoms with van der Waals surface area (Å²) in [6.07, 6.45) is 0.382. The van der Waals surface area contributed by atoms with Crippen molar-refractivity contribution in [2.24, 2.45) is 0 Å². The minimum absolute atomic E-state index is 0.0986. The summed E-state index contributed by atoms with van der Waals surface area (Å²) in [5.41, 5.74) is 2.52. The molecule has 2 rings (SSSR count). The topological polar surface area (TPSA) is 58.2 Å². The van der Waals surface area contributed by atoms with Gasteiger partial charge in [0.05, 0.1) is 10.7 Å². The van der Waals surface area contributed by atoms with Crippen LogP contribution in [0.3, 0.4) is 0 Å². The molecule has 0 spiro atoms. The Kier molecular flexibility index (Phi) is 5.17. The van der Waals surface area contributed by atoms with E-state index < -0.39 is 0 Å². The monoisotopic (exact) mass is 316 g/mol. The Bertz CT molecular complexity index is 714. The van der Waals surface area contributed by atoms with Gasteiger partial charge in [0.1, 0.15) is 0 Å². The van der Waals surface area contributed by atoms with Gasteiger partial charge < -0.3 is 10.6 Å². The molecule has 0 aliphatic heterocycles. The highest BCUT2D eigenvalue weighted by atomic mass is 35.5. The Morgan fingerprint density at radius 1 is 1.09 bits per heavy atom. The summed E-state index contributed by atoms with van der Waals surface area (Å²) in [5, 5.41) is 5.92. The summed E-state index contributed by atoms with van der Waals surface area (Å²) in [4.78, 5) is 23.8. The highest BCUT2D eigenvalue weighted by Crippen LogP contribution is 2.26. The number of hydrogen-bond acceptors (Lipinski definition) is 2. The summed E-state index contributed by atoms with van der Waals surface area (Å²) < 4.78 is 0. The summed E-state index contributed by atoms with van der Waals surface area (Å²) >= 11 is 6.11. The van der Waals surface area contributed by atoms with Gasteiger partial charge in [0.25, 0.3) is 5.91 Å². The fourth-order valence-corrected chi connectivity index (χ4v) is 2.13. The summed E-state index contributed by atoms with van der Waals surface area (Å²) in [5.74, 6) is -0.336. The quantitative estimate of drug-likeness (QED) is 0.886. The molecule has 22 heavy (non-hydrogen) atoms. The number of amides is 2. The number of nitrogens with one attached hydrogen (secondary N) is 2. The van der Waals surface area contributed by atoms with Crippen LogP contribution in [0.5, 0.6) is 0 Å². The molecule has 2 amide bonds. The molecule has 4 nitrogen and oxygen atoms in total. The summed E-state index contributed by atoms with van der Waals surface area (Å²) in [6.45, 7) is 3.64. The van der Waals surface area contributed by atoms with E-state index in [2.05, 4.69) is 10.6 Å². The Morgan fingerprint density at radius 2 is 1.82 bits per heavy atom. The first-order chi connectivity index (χ1) is 10.5. The Balaban J connectivity index is 2.22. The van der Waals surface area contributed by atoms with E-state index in [0.717, 1.165) is 5.56 Å². The van der Waals surface area contributed by atoms with Crippen LogP contribution in [0.2, 0.25) is 5.02 Å². The predicted octanol–water partition coefficient (Wildman–Crippen LogP) is 4.25. The lowest BCUT2D eigenvalue weighted by molar-refractivity contribution is -0.115. The van der Waals surface area contributed by atoms with Crippen molar-refractivity contribution in [3.05, 3.63) is 58.6 Å². The van der Waals surface area contributed by atoms with Crippen LogP contribution in [0, 0.1) is 6.92 Å². The standard InChI is InChI=1S/C17H17ClN2O2/c1-3-16(21)19-12-8-9-14(18)15(10-12)20-17(22)13-7-5-4-6-11(13)2/h4-10H,3H2,1-2H3,(H,19,21)(H,20,22). The molecule has 0 radical (unpaired) electrons. The zero-order chi connectivity index (χ0) is 16.1. The minimum Gasteiger partial charge on any atom is -0.326 e. The second-order valence-corrected chi connectivity index (χ2v) is 5.27. The second kappa shape index (κ2) is 7.09. The van der Waals surface area contributed by atoms with Crippen molar-refractivity contribution in [2.45, 2.75) is 20.3 Å². The normalized spacial score (nSPS) is 10.1. The van der Waals surface area contributed by atoms with E-state index in [4.69, 9.17) is 11.6 Å². The Labute approximate surface area is 134 Å². The van der Waals surface area contributed by atoms with Gasteiger partial charge in [-0.25, -0.2) is 0 Å². The van der Waals surface area contributed by atoms with E-state index >= 15 is 0 Å². The molecule has 0 aliphatic carbocycles. The lowest BCUT2D eigenvalue weighted by Gasteiger charge is -2.11. The Morgan fingerprint density at radius 3 is 2.50 bits per heavy atom. The third kappa shape index (κ3) is 3.86. The number of carbonyl (C=O) groups is 2. The highest BCUT2D eigenvalue weighted by molar-refractivity contribution is 6.34. The molecular formula is C17H17ClN2O2. The van der Waals surface area contributed by atoms with Crippen molar-refractivity contribution in [2.75, 3.05) is 10.6 Å². The molecule has 2 aromatic carbocycles. The molecular weight excluding hydrogens is 300 g/mol. The van der Waals surface area contributed by atoms with Crippen molar-refractivity contribution >= 4 is 34.8 Å². The first kappa shape index (κ1) is 16.0. The van der Waals surface area contributed by atoms with Crippen LogP contribution >= 0.6 is 11.6 Å². The van der Waals surface area contributed by atoms with E-state index in [1.165, 1.54) is 0 Å². The number of aryl methyl sites for hydroxylation is 1. The third-order valence-electron chi connectivity index (χ3n) is 3.21. The average molecular weight is 317 g/mol. The van der Waals surface area contributed by atoms with Gasteiger partial charge in [-0.3, -0.25) is 9.59 Å². The van der Waals surface area contributed by atoms with Gasteiger partial charge in [-0.05, 0) is 36.8 Å². The van der Waals surface area contributed by atoms with Gasteiger partial charge in [0, 0.05) is 17.7 Å². The van der Waals surface area contributed by atoms with E-state index in [-0.39, 0.29) is 11.8 Å². The van der Waals surface area contributed by atoms with Gasteiger partial charge in [-0.1, -0.05) is 36.7 Å². The lowest BCUT2D eigenvalue weighted by Crippen LogP contribution is -2.14. The smallest absolute Gasteiger partial charge is 0.255 e. The Hall–Kier alpha value is -2.33. The van der Waals surface area contributed by atoms with Gasteiger partial charge in [0.2, 0.25) is 5.91 Å². The molecule has 0 atom stereocenters. The van der Waals surface area contributed by atoms with Crippen LogP contribution < -0.4 is 10.6 Å². The minimum atomic E-state index is -0.237. The largest absolute Gasteiger partial charge is 0.326 e.